The molecule has 3 aromatic carbocycles. The number of carbonyl (C=O) groups excluding carboxylic acids is 1. The molecule has 3 rings (SSSR count). The fourth-order valence-electron chi connectivity index (χ4n) is 5.69. The SMILES string of the molecule is C=CC(C)(C)[C@H](OC)[C@@H](OC(=O)c1ccccc1)[C@@H](CO[Si](c1ccccc1)(c1ccccc1)C(C)(C)C)O[Si](C)(C)C. The van der Waals surface area contributed by atoms with Crippen LogP contribution < -0.4 is 10.4 Å². The van der Waals surface area contributed by atoms with Gasteiger partial charge in [-0.15, -0.1) is 6.58 Å². The molecular formula is C36H50O5Si2. The molecule has 5 nitrogen and oxygen atoms in total. The first-order chi connectivity index (χ1) is 20.2. The van der Waals surface area contributed by atoms with Crippen molar-refractivity contribution in [3.63, 3.8) is 0 Å². The Labute approximate surface area is 261 Å². The van der Waals surface area contributed by atoms with Gasteiger partial charge < -0.3 is 18.3 Å². The molecule has 0 spiro atoms. The van der Waals surface area contributed by atoms with Crippen LogP contribution in [0.4, 0.5) is 0 Å². The van der Waals surface area contributed by atoms with Crippen LogP contribution in [0.15, 0.2) is 104 Å². The van der Waals surface area contributed by atoms with Crippen molar-refractivity contribution in [2.45, 2.75) is 77.6 Å². The average molecular weight is 619 g/mol. The van der Waals surface area contributed by atoms with Crippen molar-refractivity contribution >= 4 is 33.0 Å². The van der Waals surface area contributed by atoms with Gasteiger partial charge in [-0.3, -0.25) is 0 Å². The van der Waals surface area contributed by atoms with Crippen LogP contribution in [0.2, 0.25) is 24.7 Å². The van der Waals surface area contributed by atoms with E-state index in [1.165, 1.54) is 10.4 Å². The van der Waals surface area contributed by atoms with Gasteiger partial charge >= 0.3 is 5.97 Å². The van der Waals surface area contributed by atoms with Gasteiger partial charge in [0.05, 0.1) is 12.2 Å². The van der Waals surface area contributed by atoms with E-state index >= 15 is 0 Å². The zero-order valence-electron chi connectivity index (χ0n) is 27.4. The van der Waals surface area contributed by atoms with E-state index in [0.29, 0.717) is 5.56 Å². The summed E-state index contributed by atoms with van der Waals surface area (Å²) in [5.41, 5.74) is -0.0621. The normalized spacial score (nSPS) is 14.9. The third kappa shape index (κ3) is 8.43. The number of methoxy groups -OCH3 is 1. The predicted molar refractivity (Wildman–Crippen MR) is 182 cm³/mol. The second kappa shape index (κ2) is 14.3. The fraction of sp³-hybridized carbons (Fsp3) is 0.417. The summed E-state index contributed by atoms with van der Waals surface area (Å²) in [7, 11) is -3.44. The van der Waals surface area contributed by atoms with Gasteiger partial charge in [0.1, 0.15) is 12.2 Å². The maximum absolute atomic E-state index is 13.6. The van der Waals surface area contributed by atoms with Gasteiger partial charge in [0.15, 0.2) is 14.4 Å². The zero-order chi connectivity index (χ0) is 31.9. The molecular weight excluding hydrogens is 569 g/mol. The van der Waals surface area contributed by atoms with Gasteiger partial charge in [0.25, 0.3) is 8.32 Å². The molecule has 0 heterocycles. The van der Waals surface area contributed by atoms with Crippen molar-refractivity contribution in [1.29, 1.82) is 0 Å². The van der Waals surface area contributed by atoms with E-state index in [-0.39, 0.29) is 11.6 Å². The highest BCUT2D eigenvalue weighted by atomic mass is 28.4. The smallest absolute Gasteiger partial charge is 0.338 e. The molecule has 0 N–H and O–H groups in total. The lowest BCUT2D eigenvalue weighted by molar-refractivity contribution is -0.118. The van der Waals surface area contributed by atoms with E-state index in [4.69, 9.17) is 18.3 Å². The number of esters is 1. The minimum Gasteiger partial charge on any atom is -0.453 e. The summed E-state index contributed by atoms with van der Waals surface area (Å²) in [6, 6.07) is 30.1. The lowest BCUT2D eigenvalue weighted by Crippen LogP contribution is -2.67. The van der Waals surface area contributed by atoms with Crippen LogP contribution in [-0.4, -0.2) is 54.6 Å². The minimum atomic E-state index is -2.90. The summed E-state index contributed by atoms with van der Waals surface area (Å²) in [6.45, 7) is 21.5. The van der Waals surface area contributed by atoms with E-state index in [9.17, 15) is 4.79 Å². The Morgan fingerprint density at radius 2 is 1.28 bits per heavy atom. The number of rotatable bonds is 14. The third-order valence-electron chi connectivity index (χ3n) is 7.82. The summed E-state index contributed by atoms with van der Waals surface area (Å²) < 4.78 is 26.7. The number of benzene rings is 3. The lowest BCUT2D eigenvalue weighted by atomic mass is 9.82. The zero-order valence-corrected chi connectivity index (χ0v) is 29.4. The summed E-state index contributed by atoms with van der Waals surface area (Å²) in [5.74, 6) is -0.429. The van der Waals surface area contributed by atoms with Crippen molar-refractivity contribution in [2.24, 2.45) is 5.41 Å². The van der Waals surface area contributed by atoms with Gasteiger partial charge in [0.2, 0.25) is 0 Å². The van der Waals surface area contributed by atoms with Gasteiger partial charge in [-0.1, -0.05) is 120 Å². The highest BCUT2D eigenvalue weighted by Gasteiger charge is 2.52. The second-order valence-electron chi connectivity index (χ2n) is 13.7. The topological polar surface area (TPSA) is 54.0 Å². The van der Waals surface area contributed by atoms with Crippen molar-refractivity contribution < 1.29 is 23.1 Å². The molecule has 3 atom stereocenters. The molecule has 7 heteroatoms. The average Bonchev–Trinajstić information content (AvgIpc) is 2.97. The van der Waals surface area contributed by atoms with Crippen molar-refractivity contribution in [3.05, 3.63) is 109 Å². The van der Waals surface area contributed by atoms with Gasteiger partial charge in [-0.05, 0) is 47.2 Å². The Kier molecular flexibility index (Phi) is 11.5. The van der Waals surface area contributed by atoms with Crippen LogP contribution in [0.1, 0.15) is 45.0 Å². The first-order valence-corrected chi connectivity index (χ1v) is 20.3. The first-order valence-electron chi connectivity index (χ1n) is 15.0. The molecule has 232 valence electrons. The van der Waals surface area contributed by atoms with Gasteiger partial charge in [-0.25, -0.2) is 4.79 Å². The summed E-state index contributed by atoms with van der Waals surface area (Å²) in [6.07, 6.45) is -0.0541. The molecule has 0 aliphatic heterocycles. The Balaban J connectivity index is 2.18. The second-order valence-corrected chi connectivity index (χ2v) is 22.4. The highest BCUT2D eigenvalue weighted by molar-refractivity contribution is 6.99. The monoisotopic (exact) mass is 618 g/mol. The van der Waals surface area contributed by atoms with Crippen molar-refractivity contribution in [1.82, 2.24) is 0 Å². The molecule has 0 saturated carbocycles. The lowest BCUT2D eigenvalue weighted by Gasteiger charge is -2.46. The Bertz CT molecular complexity index is 1260. The van der Waals surface area contributed by atoms with Crippen LogP contribution in [-0.2, 0) is 18.3 Å². The predicted octanol–water partition coefficient (Wildman–Crippen LogP) is 7.24. The van der Waals surface area contributed by atoms with E-state index in [2.05, 4.69) is 95.5 Å². The molecule has 0 aliphatic rings. The molecule has 0 amide bonds. The van der Waals surface area contributed by atoms with Crippen molar-refractivity contribution in [2.75, 3.05) is 13.7 Å². The molecule has 0 aromatic heterocycles. The van der Waals surface area contributed by atoms with E-state index in [0.717, 1.165) is 0 Å². The van der Waals surface area contributed by atoms with Crippen LogP contribution in [0.5, 0.6) is 0 Å². The summed E-state index contributed by atoms with van der Waals surface area (Å²) >= 11 is 0. The Morgan fingerprint density at radius 1 is 0.814 bits per heavy atom. The maximum atomic E-state index is 13.6. The number of ether oxygens (including phenoxy) is 2. The van der Waals surface area contributed by atoms with E-state index in [1.807, 2.05) is 50.3 Å². The standard InChI is InChI=1S/C36H50O5Si2/c1-11-36(5,6)33(38-7)32(40-34(37)28-21-15-12-16-22-28)31(41-42(8,9)10)27-39-43(35(2,3)4,29-23-17-13-18-24-29)30-25-19-14-20-26-30/h11-26,31-33H,1,27H2,2-10H3/t31-,32+,33-/m1/s1. The minimum absolute atomic E-state index is 0.220. The van der Waals surface area contributed by atoms with Gasteiger partial charge in [0, 0.05) is 12.5 Å². The number of hydrogen-bond acceptors (Lipinski definition) is 5. The molecule has 0 fully saturated rings. The molecule has 43 heavy (non-hydrogen) atoms. The fourth-order valence-corrected chi connectivity index (χ4v) is 11.4. The number of carbonyl (C=O) groups is 1. The molecule has 0 saturated heterocycles. The third-order valence-corrected chi connectivity index (χ3v) is 13.8. The van der Waals surface area contributed by atoms with Crippen LogP contribution >= 0.6 is 0 Å². The van der Waals surface area contributed by atoms with Crippen LogP contribution in [0.3, 0.4) is 0 Å². The first kappa shape index (κ1) is 34.7. The van der Waals surface area contributed by atoms with E-state index in [1.54, 1.807) is 19.2 Å². The van der Waals surface area contributed by atoms with E-state index < -0.39 is 46.3 Å². The molecule has 0 aliphatic carbocycles. The van der Waals surface area contributed by atoms with Gasteiger partial charge in [-0.2, -0.15) is 0 Å². The molecule has 3 aromatic rings. The molecule has 0 bridgehead atoms. The Morgan fingerprint density at radius 3 is 1.67 bits per heavy atom. The molecule has 0 radical (unpaired) electrons. The maximum Gasteiger partial charge on any atom is 0.338 e. The largest absolute Gasteiger partial charge is 0.453 e. The van der Waals surface area contributed by atoms with Crippen LogP contribution in [0.25, 0.3) is 0 Å². The quantitative estimate of drug-likeness (QED) is 0.108. The van der Waals surface area contributed by atoms with Crippen LogP contribution in [0, 0.1) is 5.41 Å². The molecule has 0 unspecified atom stereocenters. The summed E-state index contributed by atoms with van der Waals surface area (Å²) in [5, 5.41) is 2.12. The Hall–Kier alpha value is -2.82. The number of hydrogen-bond donors (Lipinski definition) is 0. The highest BCUT2D eigenvalue weighted by Crippen LogP contribution is 2.38. The summed E-state index contributed by atoms with van der Waals surface area (Å²) in [4.78, 5) is 13.6. The van der Waals surface area contributed by atoms with Crippen molar-refractivity contribution in [3.8, 4) is 0 Å².